The lowest BCUT2D eigenvalue weighted by Crippen LogP contribution is -2.49. The second kappa shape index (κ2) is 11.0. The average Bonchev–Trinajstić information content (AvgIpc) is 2.76. The molecule has 3 rings (SSSR count). The fourth-order valence-electron chi connectivity index (χ4n) is 3.80. The van der Waals surface area contributed by atoms with Crippen LogP contribution in [0.3, 0.4) is 0 Å². The van der Waals surface area contributed by atoms with Gasteiger partial charge in [0.2, 0.25) is 0 Å². The van der Waals surface area contributed by atoms with Crippen molar-refractivity contribution in [3.63, 3.8) is 0 Å². The second-order valence-electron chi connectivity index (χ2n) is 8.21. The quantitative estimate of drug-likeness (QED) is 0.704. The Hall–Kier alpha value is -2.57. The van der Waals surface area contributed by atoms with E-state index in [1.165, 1.54) is 16.8 Å². The van der Waals surface area contributed by atoms with Gasteiger partial charge in [0.25, 0.3) is 0 Å². The van der Waals surface area contributed by atoms with Crippen molar-refractivity contribution in [2.75, 3.05) is 65.3 Å². The summed E-state index contributed by atoms with van der Waals surface area (Å²) in [6.07, 6.45) is 0.835. The first-order valence-electron chi connectivity index (χ1n) is 10.8. The van der Waals surface area contributed by atoms with Crippen LogP contribution < -0.4 is 15.5 Å². The molecule has 0 saturated carbocycles. The van der Waals surface area contributed by atoms with Crippen molar-refractivity contribution in [1.29, 1.82) is 0 Å². The first-order chi connectivity index (χ1) is 14.5. The van der Waals surface area contributed by atoms with E-state index in [1.807, 2.05) is 32.3 Å². The number of anilines is 1. The molecule has 30 heavy (non-hydrogen) atoms. The number of nitrogens with one attached hydrogen (secondary N) is 2. The molecule has 2 aromatic carbocycles. The van der Waals surface area contributed by atoms with Gasteiger partial charge in [-0.15, -0.1) is 0 Å². The van der Waals surface area contributed by atoms with E-state index in [0.717, 1.165) is 32.6 Å². The van der Waals surface area contributed by atoms with E-state index in [2.05, 4.69) is 68.8 Å². The highest BCUT2D eigenvalue weighted by atomic mass is 16.2. The Morgan fingerprint density at radius 2 is 1.63 bits per heavy atom. The topological polar surface area (TPSA) is 50.9 Å². The van der Waals surface area contributed by atoms with Gasteiger partial charge in [-0.2, -0.15) is 0 Å². The highest BCUT2D eigenvalue weighted by molar-refractivity contribution is 5.73. The largest absolute Gasteiger partial charge is 0.378 e. The minimum absolute atomic E-state index is 0.102. The van der Waals surface area contributed by atoms with E-state index in [4.69, 9.17) is 0 Å². The molecule has 1 aliphatic rings. The van der Waals surface area contributed by atoms with E-state index in [1.54, 1.807) is 0 Å². The summed E-state index contributed by atoms with van der Waals surface area (Å²) in [5.41, 5.74) is 3.66. The Kier molecular flexibility index (Phi) is 8.11. The van der Waals surface area contributed by atoms with E-state index in [9.17, 15) is 4.79 Å². The van der Waals surface area contributed by atoms with Crippen LogP contribution in [-0.2, 0) is 6.42 Å². The predicted octanol–water partition coefficient (Wildman–Crippen LogP) is 2.58. The third-order valence-corrected chi connectivity index (χ3v) is 5.77. The van der Waals surface area contributed by atoms with Crippen LogP contribution in [0.4, 0.5) is 10.5 Å². The number of amides is 2. The minimum Gasteiger partial charge on any atom is -0.378 e. The summed E-state index contributed by atoms with van der Waals surface area (Å²) in [4.78, 5) is 19.3. The summed E-state index contributed by atoms with van der Waals surface area (Å²) >= 11 is 0. The van der Waals surface area contributed by atoms with Gasteiger partial charge in [0.05, 0.1) is 6.04 Å². The number of rotatable bonds is 8. The van der Waals surface area contributed by atoms with Crippen molar-refractivity contribution >= 4 is 11.7 Å². The standard InChI is InChI=1S/C24H35N5O/c1-27(2)22-11-9-21(10-12-22)23(29-17-15-28(3)16-18-29)19-26-24(30)25-14-13-20-7-5-4-6-8-20/h4-12,23H,13-19H2,1-3H3,(H2,25,26,30). The molecule has 6 heteroatoms. The van der Waals surface area contributed by atoms with Crippen molar-refractivity contribution in [2.24, 2.45) is 0 Å². The number of hydrogen-bond acceptors (Lipinski definition) is 4. The van der Waals surface area contributed by atoms with E-state index in [-0.39, 0.29) is 12.1 Å². The molecule has 0 radical (unpaired) electrons. The van der Waals surface area contributed by atoms with Crippen LogP contribution in [0, 0.1) is 0 Å². The van der Waals surface area contributed by atoms with Crippen LogP contribution >= 0.6 is 0 Å². The van der Waals surface area contributed by atoms with Gasteiger partial charge in [-0.1, -0.05) is 42.5 Å². The smallest absolute Gasteiger partial charge is 0.314 e. The molecule has 0 bridgehead atoms. The molecular formula is C24H35N5O. The molecule has 1 aliphatic heterocycles. The average molecular weight is 410 g/mol. The van der Waals surface area contributed by atoms with E-state index >= 15 is 0 Å². The van der Waals surface area contributed by atoms with E-state index in [0.29, 0.717) is 13.1 Å². The molecule has 162 valence electrons. The molecule has 1 saturated heterocycles. The lowest BCUT2D eigenvalue weighted by Gasteiger charge is -2.38. The number of nitrogens with zero attached hydrogens (tertiary/aromatic N) is 3. The predicted molar refractivity (Wildman–Crippen MR) is 124 cm³/mol. The van der Waals surface area contributed by atoms with Gasteiger partial charge in [0.1, 0.15) is 0 Å². The summed E-state index contributed by atoms with van der Waals surface area (Å²) in [6.45, 7) is 5.35. The number of hydrogen-bond donors (Lipinski definition) is 2. The summed E-state index contributed by atoms with van der Waals surface area (Å²) in [5, 5.41) is 6.09. The summed E-state index contributed by atoms with van der Waals surface area (Å²) < 4.78 is 0. The van der Waals surface area contributed by atoms with Gasteiger partial charge in [-0.05, 0) is 36.7 Å². The van der Waals surface area contributed by atoms with Crippen LogP contribution in [0.1, 0.15) is 17.2 Å². The Balaban J connectivity index is 1.57. The summed E-state index contributed by atoms with van der Waals surface area (Å²) in [5.74, 6) is 0. The number of piperazine rings is 1. The van der Waals surface area contributed by atoms with Gasteiger partial charge >= 0.3 is 6.03 Å². The number of urea groups is 1. The molecular weight excluding hydrogens is 374 g/mol. The number of likely N-dealkylation sites (N-methyl/N-ethyl adjacent to an activating group) is 1. The number of carbonyl (C=O) groups excluding carboxylic acids is 1. The zero-order chi connectivity index (χ0) is 21.3. The summed E-state index contributed by atoms with van der Waals surface area (Å²) in [7, 11) is 6.26. The Morgan fingerprint density at radius 3 is 2.27 bits per heavy atom. The van der Waals surface area contributed by atoms with Gasteiger partial charge in [-0.25, -0.2) is 4.79 Å². The normalized spacial score (nSPS) is 16.1. The Labute approximate surface area is 180 Å². The third-order valence-electron chi connectivity index (χ3n) is 5.77. The molecule has 2 N–H and O–H groups in total. The van der Waals surface area contributed by atoms with Crippen molar-refractivity contribution in [1.82, 2.24) is 20.4 Å². The molecule has 2 aromatic rings. The number of benzene rings is 2. The lowest BCUT2D eigenvalue weighted by atomic mass is 10.0. The second-order valence-corrected chi connectivity index (χ2v) is 8.21. The molecule has 1 unspecified atom stereocenters. The van der Waals surface area contributed by atoms with Crippen LogP contribution in [0.5, 0.6) is 0 Å². The Bertz CT molecular complexity index is 770. The fraction of sp³-hybridized carbons (Fsp3) is 0.458. The highest BCUT2D eigenvalue weighted by Crippen LogP contribution is 2.24. The monoisotopic (exact) mass is 409 g/mol. The SMILES string of the molecule is CN1CCN(C(CNC(=O)NCCc2ccccc2)c2ccc(N(C)C)cc2)CC1. The van der Waals surface area contributed by atoms with Crippen molar-refractivity contribution in [3.05, 3.63) is 65.7 Å². The van der Waals surface area contributed by atoms with Gasteiger partial charge in [-0.3, -0.25) is 4.90 Å². The summed E-state index contributed by atoms with van der Waals surface area (Å²) in [6, 6.07) is 19.0. The van der Waals surface area contributed by atoms with Gasteiger partial charge in [0.15, 0.2) is 0 Å². The highest BCUT2D eigenvalue weighted by Gasteiger charge is 2.24. The van der Waals surface area contributed by atoms with Crippen LogP contribution in [0.15, 0.2) is 54.6 Å². The Morgan fingerprint density at radius 1 is 0.967 bits per heavy atom. The molecule has 1 fully saturated rings. The van der Waals surface area contributed by atoms with Crippen molar-refractivity contribution in [3.8, 4) is 0 Å². The maximum Gasteiger partial charge on any atom is 0.314 e. The zero-order valence-electron chi connectivity index (χ0n) is 18.5. The van der Waals surface area contributed by atoms with E-state index < -0.39 is 0 Å². The molecule has 6 nitrogen and oxygen atoms in total. The minimum atomic E-state index is -0.102. The zero-order valence-corrected chi connectivity index (χ0v) is 18.5. The molecule has 2 amide bonds. The number of carbonyl (C=O) groups is 1. The third kappa shape index (κ3) is 6.47. The molecule has 1 atom stereocenters. The van der Waals surface area contributed by atoms with Crippen molar-refractivity contribution in [2.45, 2.75) is 12.5 Å². The molecule has 1 heterocycles. The maximum absolute atomic E-state index is 12.4. The van der Waals surface area contributed by atoms with Crippen LogP contribution in [0.25, 0.3) is 0 Å². The molecule has 0 spiro atoms. The maximum atomic E-state index is 12.4. The molecule has 0 aromatic heterocycles. The lowest BCUT2D eigenvalue weighted by molar-refractivity contribution is 0.111. The van der Waals surface area contributed by atoms with Crippen LogP contribution in [-0.4, -0.2) is 76.2 Å². The first-order valence-corrected chi connectivity index (χ1v) is 10.8. The van der Waals surface area contributed by atoms with Crippen LogP contribution in [0.2, 0.25) is 0 Å². The fourth-order valence-corrected chi connectivity index (χ4v) is 3.80. The van der Waals surface area contributed by atoms with Gasteiger partial charge in [0, 0.05) is 59.1 Å². The van der Waals surface area contributed by atoms with Crippen molar-refractivity contribution < 1.29 is 4.79 Å². The van der Waals surface area contributed by atoms with Gasteiger partial charge < -0.3 is 20.4 Å². The molecule has 0 aliphatic carbocycles. The first kappa shape index (κ1) is 22.1.